The van der Waals surface area contributed by atoms with E-state index >= 15 is 0 Å². The highest BCUT2D eigenvalue weighted by Crippen LogP contribution is 2.14. The Hall–Kier alpha value is -1.59. The van der Waals surface area contributed by atoms with E-state index in [-0.39, 0.29) is 0 Å². The number of anilines is 3. The summed E-state index contributed by atoms with van der Waals surface area (Å²) in [5.41, 5.74) is 0. The second-order valence-electron chi connectivity index (χ2n) is 5.42. The van der Waals surface area contributed by atoms with Gasteiger partial charge in [-0.2, -0.15) is 15.0 Å². The summed E-state index contributed by atoms with van der Waals surface area (Å²) in [6.45, 7) is 12.3. The van der Waals surface area contributed by atoms with E-state index in [9.17, 15) is 0 Å². The van der Waals surface area contributed by atoms with Gasteiger partial charge in [0.05, 0.1) is 0 Å². The number of unbranched alkanes of at least 4 members (excludes halogenated alkanes) is 2. The molecule has 0 saturated heterocycles. The SMILES string of the molecule is CCCCNc1nc(NCCCC)nc(N(CC)CCC)n1. The largest absolute Gasteiger partial charge is 0.354 e. The van der Waals surface area contributed by atoms with E-state index in [0.717, 1.165) is 64.2 Å². The van der Waals surface area contributed by atoms with Crippen LogP contribution >= 0.6 is 0 Å². The van der Waals surface area contributed by atoms with Crippen molar-refractivity contribution in [3.05, 3.63) is 0 Å². The average Bonchev–Trinajstić information content (AvgIpc) is 2.53. The third-order valence-corrected chi connectivity index (χ3v) is 3.41. The van der Waals surface area contributed by atoms with Gasteiger partial charge in [-0.25, -0.2) is 0 Å². The van der Waals surface area contributed by atoms with Crippen LogP contribution in [-0.4, -0.2) is 41.1 Å². The van der Waals surface area contributed by atoms with Crippen molar-refractivity contribution in [2.75, 3.05) is 41.7 Å². The van der Waals surface area contributed by atoms with Crippen LogP contribution in [0.4, 0.5) is 17.8 Å². The van der Waals surface area contributed by atoms with Crippen LogP contribution in [-0.2, 0) is 0 Å². The minimum Gasteiger partial charge on any atom is -0.354 e. The van der Waals surface area contributed by atoms with E-state index < -0.39 is 0 Å². The van der Waals surface area contributed by atoms with Crippen LogP contribution in [0.2, 0.25) is 0 Å². The zero-order chi connectivity index (χ0) is 16.2. The molecule has 0 aliphatic carbocycles. The lowest BCUT2D eigenvalue weighted by Gasteiger charge is -2.21. The summed E-state index contributed by atoms with van der Waals surface area (Å²) < 4.78 is 0. The molecular formula is C16H32N6. The molecule has 0 aromatic carbocycles. The summed E-state index contributed by atoms with van der Waals surface area (Å²) in [5.74, 6) is 2.11. The molecule has 2 N–H and O–H groups in total. The molecule has 0 unspecified atom stereocenters. The molecule has 0 saturated carbocycles. The topological polar surface area (TPSA) is 66.0 Å². The average molecular weight is 308 g/mol. The summed E-state index contributed by atoms with van der Waals surface area (Å²) in [6, 6.07) is 0. The molecular weight excluding hydrogens is 276 g/mol. The van der Waals surface area contributed by atoms with E-state index in [1.54, 1.807) is 0 Å². The maximum absolute atomic E-state index is 4.58. The lowest BCUT2D eigenvalue weighted by Crippen LogP contribution is -2.27. The number of nitrogens with one attached hydrogen (secondary N) is 2. The first-order chi connectivity index (χ1) is 10.7. The Labute approximate surface area is 135 Å². The molecule has 0 aliphatic heterocycles. The molecule has 126 valence electrons. The molecule has 0 amide bonds. The van der Waals surface area contributed by atoms with E-state index in [1.165, 1.54) is 0 Å². The number of rotatable bonds is 12. The quantitative estimate of drug-likeness (QED) is 0.576. The van der Waals surface area contributed by atoms with Gasteiger partial charge in [0.15, 0.2) is 0 Å². The molecule has 1 aromatic heterocycles. The molecule has 1 aromatic rings. The van der Waals surface area contributed by atoms with Crippen molar-refractivity contribution < 1.29 is 0 Å². The monoisotopic (exact) mass is 308 g/mol. The lowest BCUT2D eigenvalue weighted by atomic mass is 10.3. The Morgan fingerprint density at radius 3 is 1.73 bits per heavy atom. The molecule has 6 heteroatoms. The zero-order valence-corrected chi connectivity index (χ0v) is 14.7. The van der Waals surface area contributed by atoms with Crippen molar-refractivity contribution in [1.29, 1.82) is 0 Å². The van der Waals surface area contributed by atoms with E-state index in [2.05, 4.69) is 58.2 Å². The predicted octanol–water partition coefficient (Wildman–Crippen LogP) is 3.53. The standard InChI is InChI=1S/C16H32N6/c1-5-9-11-17-14-19-15(18-12-10-6-2)21-16(20-14)22(8-4)13-7-3/h5-13H2,1-4H3,(H2,17,18,19,20,21). The zero-order valence-electron chi connectivity index (χ0n) is 14.7. The van der Waals surface area contributed by atoms with E-state index in [1.807, 2.05) is 0 Å². The Kier molecular flexibility index (Phi) is 9.26. The third kappa shape index (κ3) is 6.45. The van der Waals surface area contributed by atoms with Gasteiger partial charge in [0.1, 0.15) is 0 Å². The minimum atomic E-state index is 0.673. The van der Waals surface area contributed by atoms with Crippen molar-refractivity contribution in [3.63, 3.8) is 0 Å². The molecule has 1 rings (SSSR count). The number of hydrogen-bond acceptors (Lipinski definition) is 6. The first-order valence-corrected chi connectivity index (χ1v) is 8.73. The van der Waals surface area contributed by atoms with Crippen LogP contribution in [0.25, 0.3) is 0 Å². The Balaban J connectivity index is 2.87. The van der Waals surface area contributed by atoms with Crippen LogP contribution in [0.1, 0.15) is 59.8 Å². The molecule has 0 radical (unpaired) electrons. The van der Waals surface area contributed by atoms with E-state index in [0.29, 0.717) is 11.9 Å². The first kappa shape index (κ1) is 18.5. The fourth-order valence-electron chi connectivity index (χ4n) is 2.09. The number of nitrogens with zero attached hydrogens (tertiary/aromatic N) is 4. The van der Waals surface area contributed by atoms with Crippen LogP contribution in [0.3, 0.4) is 0 Å². The van der Waals surface area contributed by atoms with Crippen LogP contribution < -0.4 is 15.5 Å². The smallest absolute Gasteiger partial charge is 0.231 e. The van der Waals surface area contributed by atoms with Crippen molar-refractivity contribution in [2.45, 2.75) is 59.8 Å². The van der Waals surface area contributed by atoms with Crippen molar-refractivity contribution in [1.82, 2.24) is 15.0 Å². The number of hydrogen-bond donors (Lipinski definition) is 2. The van der Waals surface area contributed by atoms with Gasteiger partial charge in [-0.3, -0.25) is 0 Å². The van der Waals surface area contributed by atoms with Crippen molar-refractivity contribution in [3.8, 4) is 0 Å². The molecule has 0 fully saturated rings. The molecule has 22 heavy (non-hydrogen) atoms. The summed E-state index contributed by atoms with van der Waals surface area (Å²) in [4.78, 5) is 15.8. The van der Waals surface area contributed by atoms with Crippen LogP contribution in [0.5, 0.6) is 0 Å². The Bertz CT molecular complexity index is 381. The molecule has 0 spiro atoms. The highest BCUT2D eigenvalue weighted by Gasteiger charge is 2.11. The van der Waals surface area contributed by atoms with Crippen molar-refractivity contribution >= 4 is 17.8 Å². The second kappa shape index (κ2) is 11.0. The molecule has 0 atom stereocenters. The fourth-order valence-corrected chi connectivity index (χ4v) is 2.09. The van der Waals surface area contributed by atoms with Gasteiger partial charge in [0, 0.05) is 26.2 Å². The van der Waals surface area contributed by atoms with Gasteiger partial charge in [-0.1, -0.05) is 33.6 Å². The van der Waals surface area contributed by atoms with Gasteiger partial charge in [-0.15, -0.1) is 0 Å². The predicted molar refractivity (Wildman–Crippen MR) is 94.8 cm³/mol. The van der Waals surface area contributed by atoms with Gasteiger partial charge in [-0.05, 0) is 26.2 Å². The summed E-state index contributed by atoms with van der Waals surface area (Å²) in [7, 11) is 0. The van der Waals surface area contributed by atoms with E-state index in [4.69, 9.17) is 0 Å². The van der Waals surface area contributed by atoms with Gasteiger partial charge in [0.2, 0.25) is 17.8 Å². The lowest BCUT2D eigenvalue weighted by molar-refractivity contribution is 0.753. The maximum atomic E-state index is 4.58. The third-order valence-electron chi connectivity index (χ3n) is 3.41. The number of aromatic nitrogens is 3. The van der Waals surface area contributed by atoms with Crippen LogP contribution in [0.15, 0.2) is 0 Å². The fraction of sp³-hybridized carbons (Fsp3) is 0.812. The highest BCUT2D eigenvalue weighted by molar-refractivity contribution is 5.43. The van der Waals surface area contributed by atoms with Crippen molar-refractivity contribution in [2.24, 2.45) is 0 Å². The highest BCUT2D eigenvalue weighted by atomic mass is 15.3. The minimum absolute atomic E-state index is 0.673. The molecule has 0 bridgehead atoms. The Morgan fingerprint density at radius 2 is 1.32 bits per heavy atom. The van der Waals surface area contributed by atoms with Gasteiger partial charge in [0.25, 0.3) is 0 Å². The summed E-state index contributed by atoms with van der Waals surface area (Å²) >= 11 is 0. The summed E-state index contributed by atoms with van der Waals surface area (Å²) in [5, 5.41) is 6.62. The molecule has 0 aliphatic rings. The second-order valence-corrected chi connectivity index (χ2v) is 5.42. The summed E-state index contributed by atoms with van der Waals surface area (Å²) in [6.07, 6.45) is 5.63. The van der Waals surface area contributed by atoms with Gasteiger partial charge < -0.3 is 15.5 Å². The normalized spacial score (nSPS) is 10.5. The molecule has 6 nitrogen and oxygen atoms in total. The van der Waals surface area contributed by atoms with Crippen LogP contribution in [0, 0.1) is 0 Å². The first-order valence-electron chi connectivity index (χ1n) is 8.73. The Morgan fingerprint density at radius 1 is 0.773 bits per heavy atom. The van der Waals surface area contributed by atoms with Gasteiger partial charge >= 0.3 is 0 Å². The maximum Gasteiger partial charge on any atom is 0.231 e. The molecule has 1 heterocycles.